The van der Waals surface area contributed by atoms with Gasteiger partial charge in [-0.2, -0.15) is 0 Å². The fourth-order valence-corrected chi connectivity index (χ4v) is 9.43. The van der Waals surface area contributed by atoms with Crippen LogP contribution < -0.4 is 5.32 Å². The van der Waals surface area contributed by atoms with E-state index in [1.54, 1.807) is 0 Å². The molecule has 0 fully saturated rings. The lowest BCUT2D eigenvalue weighted by atomic mass is 9.90. The molecule has 1 aromatic heterocycles. The summed E-state index contributed by atoms with van der Waals surface area (Å²) in [5, 5.41) is 15.4. The molecule has 0 radical (unpaired) electrons. The van der Waals surface area contributed by atoms with Crippen molar-refractivity contribution < 1.29 is 0 Å². The highest BCUT2D eigenvalue weighted by molar-refractivity contribution is 7.26. The number of hydrogen-bond acceptors (Lipinski definition) is 3. The Morgan fingerprint density at radius 2 is 1.34 bits per heavy atom. The van der Waals surface area contributed by atoms with E-state index in [9.17, 15) is 0 Å². The number of benzene rings is 7. The van der Waals surface area contributed by atoms with Crippen LogP contribution in [0.2, 0.25) is 0 Å². The van der Waals surface area contributed by atoms with Crippen molar-refractivity contribution in [2.24, 2.45) is 0 Å². The van der Waals surface area contributed by atoms with Crippen molar-refractivity contribution in [3.63, 3.8) is 0 Å². The Balaban J connectivity index is 0.00000276. The highest BCUT2D eigenvalue weighted by Gasteiger charge is 2.17. The molecule has 0 bridgehead atoms. The lowest BCUT2D eigenvalue weighted by molar-refractivity contribution is 1.00. The molecular formula is C61H54N2S. The summed E-state index contributed by atoms with van der Waals surface area (Å²) < 4.78 is 2.57. The minimum atomic E-state index is 0.561. The quantitative estimate of drug-likeness (QED) is 0.0880. The highest BCUT2D eigenvalue weighted by Crippen LogP contribution is 2.45. The van der Waals surface area contributed by atoms with Crippen molar-refractivity contribution >= 4 is 60.3 Å². The third kappa shape index (κ3) is 10.3. The molecule has 1 heterocycles. The zero-order chi connectivity index (χ0) is 44.1. The molecule has 314 valence electrons. The topological polar surface area (TPSA) is 35.9 Å². The average molecular weight is 847 g/mol. The first-order valence-corrected chi connectivity index (χ1v) is 23.2. The zero-order valence-electron chi connectivity index (χ0n) is 36.9. The molecule has 3 heteroatoms. The molecule has 7 aromatic carbocycles. The summed E-state index contributed by atoms with van der Waals surface area (Å²) in [5.74, 6) is 0. The molecule has 1 aliphatic rings. The van der Waals surface area contributed by atoms with Crippen LogP contribution in [0.15, 0.2) is 230 Å². The van der Waals surface area contributed by atoms with Crippen molar-refractivity contribution in [3.05, 3.63) is 252 Å². The second-order valence-electron chi connectivity index (χ2n) is 15.7. The Hall–Kier alpha value is -7.33. The molecule has 1 aliphatic carbocycles. The van der Waals surface area contributed by atoms with Gasteiger partial charge in [0, 0.05) is 37.1 Å². The van der Waals surface area contributed by atoms with Gasteiger partial charge in [-0.3, -0.25) is 0 Å². The van der Waals surface area contributed by atoms with Gasteiger partial charge in [-0.1, -0.05) is 214 Å². The third-order valence-corrected chi connectivity index (χ3v) is 12.7. The van der Waals surface area contributed by atoms with Crippen molar-refractivity contribution in [2.75, 3.05) is 5.32 Å². The van der Waals surface area contributed by atoms with E-state index in [4.69, 9.17) is 5.41 Å². The van der Waals surface area contributed by atoms with E-state index in [0.29, 0.717) is 5.71 Å². The lowest BCUT2D eigenvalue weighted by Crippen LogP contribution is -2.02. The molecule has 0 amide bonds. The van der Waals surface area contributed by atoms with Crippen LogP contribution in [0.25, 0.3) is 59.8 Å². The van der Waals surface area contributed by atoms with Crippen LogP contribution in [-0.4, -0.2) is 5.71 Å². The van der Waals surface area contributed by atoms with Gasteiger partial charge in [0.2, 0.25) is 0 Å². The van der Waals surface area contributed by atoms with Crippen LogP contribution in [0, 0.1) is 5.41 Å². The van der Waals surface area contributed by atoms with E-state index in [1.807, 2.05) is 37.3 Å². The van der Waals surface area contributed by atoms with E-state index >= 15 is 0 Å². The molecule has 0 unspecified atom stereocenters. The second-order valence-corrected chi connectivity index (χ2v) is 16.7. The lowest BCUT2D eigenvalue weighted by Gasteiger charge is -2.16. The normalized spacial score (nSPS) is 13.2. The standard InChI is InChI=1S/C59H48N2S.C2H6/c1-42(17-16-22-43-18-6-2-7-19-43)54(41-55(60)47-23-10-4-11-24-47)46-32-30-45(31-33-46)51-38-39-53-52-27-14-15-28-57(52)62-59(53)58(51)49-34-36-50(37-35-49)61-56(48-25-12-5-13-26-48)40-29-44-20-8-3-9-21-44;1-2/h2-10,12-23,25-28,30-41,60-61H,11,24,29H2,1H3;1-2H3/b22-16-,42-17+,54-41-,56-40-,60-55?;. The number of thiophene rings is 1. The van der Waals surface area contributed by atoms with Crippen LogP contribution in [0.1, 0.15) is 55.9 Å². The smallest absolute Gasteiger partial charge is 0.0578 e. The number of nitrogens with one attached hydrogen (secondary N) is 2. The molecule has 0 saturated carbocycles. The van der Waals surface area contributed by atoms with Crippen LogP contribution in [-0.2, 0) is 6.42 Å². The summed E-state index contributed by atoms with van der Waals surface area (Å²) in [6.07, 6.45) is 19.7. The van der Waals surface area contributed by atoms with Gasteiger partial charge < -0.3 is 10.7 Å². The van der Waals surface area contributed by atoms with Crippen molar-refractivity contribution in [1.82, 2.24) is 0 Å². The Morgan fingerprint density at radius 3 is 2.06 bits per heavy atom. The molecule has 0 spiro atoms. The Labute approximate surface area is 383 Å². The summed E-state index contributed by atoms with van der Waals surface area (Å²) in [6, 6.07) is 62.8. The van der Waals surface area contributed by atoms with Crippen LogP contribution in [0.5, 0.6) is 0 Å². The monoisotopic (exact) mass is 846 g/mol. The van der Waals surface area contributed by atoms with Gasteiger partial charge >= 0.3 is 0 Å². The van der Waals surface area contributed by atoms with Crippen LogP contribution in [0.4, 0.5) is 5.69 Å². The first-order chi connectivity index (χ1) is 31.6. The van der Waals surface area contributed by atoms with Gasteiger partial charge in [-0.05, 0) is 106 Å². The molecule has 0 aliphatic heterocycles. The summed E-state index contributed by atoms with van der Waals surface area (Å²) in [4.78, 5) is 0. The van der Waals surface area contributed by atoms with Crippen LogP contribution >= 0.6 is 11.3 Å². The maximum atomic E-state index is 9.11. The molecule has 0 atom stereocenters. The van der Waals surface area contributed by atoms with Gasteiger partial charge in [0.25, 0.3) is 0 Å². The number of hydrogen-bond donors (Lipinski definition) is 2. The van der Waals surface area contributed by atoms with Crippen molar-refractivity contribution in [1.29, 1.82) is 5.41 Å². The maximum absolute atomic E-state index is 9.11. The predicted octanol–water partition coefficient (Wildman–Crippen LogP) is 17.4. The van der Waals surface area contributed by atoms with Gasteiger partial charge in [-0.25, -0.2) is 0 Å². The van der Waals surface area contributed by atoms with Gasteiger partial charge in [0.1, 0.15) is 0 Å². The van der Waals surface area contributed by atoms with Gasteiger partial charge in [-0.15, -0.1) is 11.3 Å². The summed E-state index contributed by atoms with van der Waals surface area (Å²) in [7, 11) is 0. The molecule has 2 N–H and O–H groups in total. The third-order valence-electron chi connectivity index (χ3n) is 11.5. The Bertz CT molecular complexity index is 3030. The maximum Gasteiger partial charge on any atom is 0.0578 e. The summed E-state index contributed by atoms with van der Waals surface area (Å²) >= 11 is 1.87. The SMILES string of the molecule is CC.CC(=C\C=C/c1ccccc1)/C(=C/C(=N)C1=CC=CCC1)c1ccc(-c2ccc3c(sc4ccccc43)c2-c2ccc(N/C(=C\Cc3ccccc3)c3ccccc3)cc2)cc1. The second kappa shape index (κ2) is 21.2. The van der Waals surface area contributed by atoms with E-state index in [0.717, 1.165) is 69.6 Å². The minimum Gasteiger partial charge on any atom is -0.355 e. The van der Waals surface area contributed by atoms with E-state index < -0.39 is 0 Å². The largest absolute Gasteiger partial charge is 0.355 e. The van der Waals surface area contributed by atoms with Crippen molar-refractivity contribution in [3.8, 4) is 22.3 Å². The fraction of sp³-hybridized carbons (Fsp3) is 0.0984. The highest BCUT2D eigenvalue weighted by atomic mass is 32.1. The minimum absolute atomic E-state index is 0.561. The predicted molar refractivity (Wildman–Crippen MR) is 281 cm³/mol. The zero-order valence-corrected chi connectivity index (χ0v) is 37.7. The van der Waals surface area contributed by atoms with Gasteiger partial charge in [0.15, 0.2) is 0 Å². The molecular weight excluding hydrogens is 793 g/mol. The number of rotatable bonds is 13. The Morgan fingerprint density at radius 1 is 0.672 bits per heavy atom. The summed E-state index contributed by atoms with van der Waals surface area (Å²) in [5.41, 5.74) is 15.3. The molecule has 0 saturated heterocycles. The Kier molecular flexibility index (Phi) is 14.3. The molecule has 64 heavy (non-hydrogen) atoms. The molecule has 2 nitrogen and oxygen atoms in total. The summed E-state index contributed by atoms with van der Waals surface area (Å²) in [6.45, 7) is 6.14. The van der Waals surface area contributed by atoms with Crippen LogP contribution in [0.3, 0.4) is 0 Å². The first-order valence-electron chi connectivity index (χ1n) is 22.4. The van der Waals surface area contributed by atoms with E-state index in [1.165, 1.54) is 42.4 Å². The molecule has 8 aromatic rings. The van der Waals surface area contributed by atoms with E-state index in [2.05, 4.69) is 225 Å². The average Bonchev–Trinajstić information content (AvgIpc) is 3.75. The van der Waals surface area contributed by atoms with Gasteiger partial charge in [0.05, 0.1) is 5.71 Å². The molecule has 9 rings (SSSR count). The first kappa shape index (κ1) is 43.3. The number of allylic oxidation sites excluding steroid dienone is 10. The van der Waals surface area contributed by atoms with Crippen molar-refractivity contribution in [2.45, 2.75) is 40.0 Å². The number of fused-ring (bicyclic) bond motifs is 3. The number of anilines is 1. The van der Waals surface area contributed by atoms with E-state index in [-0.39, 0.29) is 0 Å². The fourth-order valence-electron chi connectivity index (χ4n) is 8.16.